The van der Waals surface area contributed by atoms with E-state index >= 15 is 0 Å². The summed E-state index contributed by atoms with van der Waals surface area (Å²) in [7, 11) is 0. The first kappa shape index (κ1) is 11.5. The van der Waals surface area contributed by atoms with E-state index in [4.69, 9.17) is 14.9 Å². The molecule has 1 aliphatic rings. The highest BCUT2D eigenvalue weighted by atomic mass is 16.5. The van der Waals surface area contributed by atoms with E-state index in [0.717, 1.165) is 12.8 Å². The van der Waals surface area contributed by atoms with Crippen molar-refractivity contribution in [1.29, 1.82) is 0 Å². The van der Waals surface area contributed by atoms with Crippen molar-refractivity contribution < 1.29 is 19.7 Å². The molecule has 0 amide bonds. The van der Waals surface area contributed by atoms with Gasteiger partial charge in [-0.05, 0) is 32.6 Å². The maximum absolute atomic E-state index is 10.7. The molecular weight excluding hydrogens is 184 g/mol. The molecule has 0 aliphatic heterocycles. The Bertz CT molecular complexity index is 185. The lowest BCUT2D eigenvalue weighted by atomic mass is 9.87. The molecule has 82 valence electrons. The highest BCUT2D eigenvalue weighted by molar-refractivity contribution is 5.69. The molecule has 1 atom stereocenters. The number of aliphatic hydroxyl groups is 1. The smallest absolute Gasteiger partial charge is 0.306 e. The topological polar surface area (TPSA) is 66.8 Å². The lowest BCUT2D eigenvalue weighted by Crippen LogP contribution is -2.29. The van der Waals surface area contributed by atoms with Gasteiger partial charge in [0.2, 0.25) is 0 Å². The summed E-state index contributed by atoms with van der Waals surface area (Å²) in [5.74, 6) is -0.891. The molecule has 1 rings (SSSR count). The summed E-state index contributed by atoms with van der Waals surface area (Å²) in [6, 6.07) is 0. The molecule has 1 saturated carbocycles. The van der Waals surface area contributed by atoms with Crippen LogP contribution in [0.2, 0.25) is 0 Å². The van der Waals surface area contributed by atoms with Gasteiger partial charge in [-0.15, -0.1) is 0 Å². The van der Waals surface area contributed by atoms with Crippen molar-refractivity contribution in [3.8, 4) is 0 Å². The summed E-state index contributed by atoms with van der Waals surface area (Å²) in [4.78, 5) is 10.7. The van der Waals surface area contributed by atoms with Crippen molar-refractivity contribution in [2.45, 2.75) is 44.8 Å². The third-order valence-electron chi connectivity index (χ3n) is 2.71. The van der Waals surface area contributed by atoms with Crippen LogP contribution in [0.1, 0.15) is 32.6 Å². The molecule has 0 saturated heterocycles. The summed E-state index contributed by atoms with van der Waals surface area (Å²) in [5, 5.41) is 17.6. The Morgan fingerprint density at radius 1 is 1.43 bits per heavy atom. The quantitative estimate of drug-likeness (QED) is 0.714. The van der Waals surface area contributed by atoms with E-state index in [1.165, 1.54) is 0 Å². The molecular formula is C10H18O4. The Labute approximate surface area is 83.9 Å². The van der Waals surface area contributed by atoms with E-state index in [1.54, 1.807) is 0 Å². The molecule has 0 spiro atoms. The molecule has 1 aliphatic carbocycles. The first-order valence-electron chi connectivity index (χ1n) is 5.12. The molecule has 0 aromatic heterocycles. The average Bonchev–Trinajstić information content (AvgIpc) is 2.18. The van der Waals surface area contributed by atoms with Crippen molar-refractivity contribution in [2.75, 3.05) is 6.61 Å². The second kappa shape index (κ2) is 5.32. The Hall–Kier alpha value is -0.610. The molecule has 0 aromatic rings. The Morgan fingerprint density at radius 3 is 2.43 bits per heavy atom. The summed E-state index contributed by atoms with van der Waals surface area (Å²) in [5.41, 5.74) is 0. The minimum atomic E-state index is -0.696. The maximum atomic E-state index is 10.7. The van der Waals surface area contributed by atoms with Crippen LogP contribution in [0, 0.1) is 5.92 Å². The van der Waals surface area contributed by atoms with Gasteiger partial charge in [-0.3, -0.25) is 4.79 Å². The third kappa shape index (κ3) is 3.27. The molecule has 0 radical (unpaired) electrons. The Kier molecular flexibility index (Phi) is 4.35. The van der Waals surface area contributed by atoms with Crippen LogP contribution in [0.3, 0.4) is 0 Å². The standard InChI is InChI=1S/C10H18O4/c1-7(6-11)14-9-4-2-8(3-5-9)10(12)13/h7-9,11H,2-6H2,1H3,(H,12,13). The largest absolute Gasteiger partial charge is 0.481 e. The number of ether oxygens (including phenoxy) is 1. The molecule has 4 heteroatoms. The number of hydrogen-bond acceptors (Lipinski definition) is 3. The summed E-state index contributed by atoms with van der Waals surface area (Å²) in [6.45, 7) is 1.85. The van der Waals surface area contributed by atoms with Crippen LogP contribution < -0.4 is 0 Å². The molecule has 1 unspecified atom stereocenters. The first-order chi connectivity index (χ1) is 6.63. The lowest BCUT2D eigenvalue weighted by Gasteiger charge is -2.28. The number of rotatable bonds is 4. The number of aliphatic carboxylic acids is 1. The van der Waals surface area contributed by atoms with Crippen LogP contribution >= 0.6 is 0 Å². The van der Waals surface area contributed by atoms with Gasteiger partial charge < -0.3 is 14.9 Å². The van der Waals surface area contributed by atoms with Gasteiger partial charge in [-0.2, -0.15) is 0 Å². The van der Waals surface area contributed by atoms with Gasteiger partial charge in [0.05, 0.1) is 24.7 Å². The molecule has 1 fully saturated rings. The van der Waals surface area contributed by atoms with Crippen LogP contribution in [0.15, 0.2) is 0 Å². The highest BCUT2D eigenvalue weighted by Crippen LogP contribution is 2.26. The Balaban J connectivity index is 2.25. The monoisotopic (exact) mass is 202 g/mol. The fraction of sp³-hybridized carbons (Fsp3) is 0.900. The SMILES string of the molecule is CC(CO)OC1CCC(C(=O)O)CC1. The van der Waals surface area contributed by atoms with E-state index in [-0.39, 0.29) is 24.7 Å². The van der Waals surface area contributed by atoms with Crippen molar-refractivity contribution in [3.63, 3.8) is 0 Å². The van der Waals surface area contributed by atoms with Gasteiger partial charge in [-0.25, -0.2) is 0 Å². The number of hydrogen-bond donors (Lipinski definition) is 2. The molecule has 0 heterocycles. The molecule has 14 heavy (non-hydrogen) atoms. The lowest BCUT2D eigenvalue weighted by molar-refractivity contribution is -0.144. The van der Waals surface area contributed by atoms with Gasteiger partial charge in [-0.1, -0.05) is 0 Å². The van der Waals surface area contributed by atoms with Gasteiger partial charge in [0.15, 0.2) is 0 Å². The Morgan fingerprint density at radius 2 is 2.00 bits per heavy atom. The normalized spacial score (nSPS) is 29.9. The number of aliphatic hydroxyl groups excluding tert-OH is 1. The average molecular weight is 202 g/mol. The zero-order valence-corrected chi connectivity index (χ0v) is 8.48. The number of carboxylic acids is 1. The summed E-state index contributed by atoms with van der Waals surface area (Å²) >= 11 is 0. The van der Waals surface area contributed by atoms with Crippen molar-refractivity contribution in [2.24, 2.45) is 5.92 Å². The minimum Gasteiger partial charge on any atom is -0.481 e. The van der Waals surface area contributed by atoms with Crippen LogP contribution in [-0.2, 0) is 9.53 Å². The van der Waals surface area contributed by atoms with Crippen molar-refractivity contribution in [3.05, 3.63) is 0 Å². The summed E-state index contributed by atoms with van der Waals surface area (Å²) in [6.07, 6.45) is 2.97. The molecule has 0 aromatic carbocycles. The van der Waals surface area contributed by atoms with Crippen LogP contribution in [0.5, 0.6) is 0 Å². The second-order valence-electron chi connectivity index (χ2n) is 3.94. The van der Waals surface area contributed by atoms with Gasteiger partial charge in [0.25, 0.3) is 0 Å². The van der Waals surface area contributed by atoms with Crippen LogP contribution in [-0.4, -0.2) is 35.0 Å². The van der Waals surface area contributed by atoms with E-state index < -0.39 is 5.97 Å². The van der Waals surface area contributed by atoms with Crippen LogP contribution in [0.4, 0.5) is 0 Å². The van der Waals surface area contributed by atoms with Gasteiger partial charge in [0.1, 0.15) is 0 Å². The predicted molar refractivity (Wildman–Crippen MR) is 51.0 cm³/mol. The maximum Gasteiger partial charge on any atom is 0.306 e. The van der Waals surface area contributed by atoms with Crippen molar-refractivity contribution >= 4 is 5.97 Å². The zero-order chi connectivity index (χ0) is 10.6. The predicted octanol–water partition coefficient (Wildman–Crippen LogP) is 1.03. The molecule has 2 N–H and O–H groups in total. The summed E-state index contributed by atoms with van der Waals surface area (Å²) < 4.78 is 5.53. The molecule has 0 bridgehead atoms. The second-order valence-corrected chi connectivity index (χ2v) is 3.94. The van der Waals surface area contributed by atoms with Crippen molar-refractivity contribution in [1.82, 2.24) is 0 Å². The van der Waals surface area contributed by atoms with E-state index in [9.17, 15) is 4.79 Å². The third-order valence-corrected chi connectivity index (χ3v) is 2.71. The van der Waals surface area contributed by atoms with E-state index in [1.807, 2.05) is 6.92 Å². The van der Waals surface area contributed by atoms with E-state index in [0.29, 0.717) is 12.8 Å². The number of carbonyl (C=O) groups is 1. The highest BCUT2D eigenvalue weighted by Gasteiger charge is 2.26. The fourth-order valence-electron chi connectivity index (χ4n) is 1.82. The number of carboxylic acid groups (broad SMARTS) is 1. The first-order valence-corrected chi connectivity index (χ1v) is 5.12. The zero-order valence-electron chi connectivity index (χ0n) is 8.48. The fourth-order valence-corrected chi connectivity index (χ4v) is 1.82. The molecule has 4 nitrogen and oxygen atoms in total. The van der Waals surface area contributed by atoms with Gasteiger partial charge in [0, 0.05) is 0 Å². The van der Waals surface area contributed by atoms with Gasteiger partial charge >= 0.3 is 5.97 Å². The van der Waals surface area contributed by atoms with E-state index in [2.05, 4.69) is 0 Å². The minimum absolute atomic E-state index is 0.0266. The van der Waals surface area contributed by atoms with Crippen LogP contribution in [0.25, 0.3) is 0 Å².